The van der Waals surface area contributed by atoms with Crippen molar-refractivity contribution in [3.63, 3.8) is 0 Å². The van der Waals surface area contributed by atoms with Gasteiger partial charge in [-0.15, -0.1) is 11.3 Å². The maximum absolute atomic E-state index is 12.8. The number of nitrogens with zero attached hydrogens (tertiary/aromatic N) is 4. The topological polar surface area (TPSA) is 71.7 Å². The molecule has 1 aliphatic heterocycles. The Bertz CT molecular complexity index is 1000. The molecule has 0 aliphatic carbocycles. The number of ether oxygens (including phenoxy) is 1. The van der Waals surface area contributed by atoms with Gasteiger partial charge in [-0.1, -0.05) is 12.1 Å². The van der Waals surface area contributed by atoms with Gasteiger partial charge in [-0.2, -0.15) is 4.98 Å². The zero-order valence-electron chi connectivity index (χ0n) is 17.6. The predicted octanol–water partition coefficient (Wildman–Crippen LogP) is 3.64. The third kappa shape index (κ3) is 4.39. The molecular formula is C22H26N4O3S. The molecule has 0 radical (unpaired) electrons. The molecule has 0 unspecified atom stereocenters. The lowest BCUT2D eigenvalue weighted by Crippen LogP contribution is -2.48. The summed E-state index contributed by atoms with van der Waals surface area (Å²) in [5, 5.41) is 4.09. The number of thiophene rings is 1. The van der Waals surface area contributed by atoms with E-state index in [4.69, 9.17) is 9.26 Å². The Hall–Kier alpha value is -2.71. The number of hydrogen-bond donors (Lipinski definition) is 0. The smallest absolute Gasteiger partial charge is 0.264 e. The fourth-order valence-corrected chi connectivity index (χ4v) is 4.69. The van der Waals surface area contributed by atoms with Crippen LogP contribution in [0.1, 0.15) is 32.9 Å². The van der Waals surface area contributed by atoms with E-state index in [1.807, 2.05) is 35.2 Å². The third-order valence-corrected chi connectivity index (χ3v) is 6.76. The van der Waals surface area contributed by atoms with Crippen LogP contribution in [-0.4, -0.2) is 59.1 Å². The lowest BCUT2D eigenvalue weighted by molar-refractivity contribution is 0.0619. The normalized spacial score (nSPS) is 14.8. The maximum Gasteiger partial charge on any atom is 0.264 e. The molecule has 1 amide bonds. The molecule has 3 heterocycles. The predicted molar refractivity (Wildman–Crippen MR) is 116 cm³/mol. The monoisotopic (exact) mass is 426 g/mol. The first kappa shape index (κ1) is 20.6. The summed E-state index contributed by atoms with van der Waals surface area (Å²) in [5.74, 6) is 2.09. The van der Waals surface area contributed by atoms with Crippen LogP contribution in [-0.2, 0) is 13.0 Å². The van der Waals surface area contributed by atoms with Crippen LogP contribution in [0, 0.1) is 6.92 Å². The highest BCUT2D eigenvalue weighted by Gasteiger charge is 2.25. The molecule has 0 saturated carbocycles. The number of aryl methyl sites for hydroxylation is 2. The van der Waals surface area contributed by atoms with Gasteiger partial charge in [0, 0.05) is 36.6 Å². The molecule has 0 atom stereocenters. The molecule has 1 fully saturated rings. The minimum Gasteiger partial charge on any atom is -0.497 e. The summed E-state index contributed by atoms with van der Waals surface area (Å²) in [6.45, 7) is 7.78. The third-order valence-electron chi connectivity index (χ3n) is 5.39. The van der Waals surface area contributed by atoms with Crippen LogP contribution in [0.5, 0.6) is 5.75 Å². The zero-order valence-corrected chi connectivity index (χ0v) is 18.4. The van der Waals surface area contributed by atoms with Gasteiger partial charge in [-0.3, -0.25) is 9.69 Å². The Balaban J connectivity index is 1.32. The average Bonchev–Trinajstić information content (AvgIpc) is 3.40. The summed E-state index contributed by atoms with van der Waals surface area (Å²) in [5.41, 5.74) is 2.10. The van der Waals surface area contributed by atoms with E-state index >= 15 is 0 Å². The maximum atomic E-state index is 12.8. The van der Waals surface area contributed by atoms with Gasteiger partial charge >= 0.3 is 0 Å². The van der Waals surface area contributed by atoms with Crippen molar-refractivity contribution in [2.24, 2.45) is 0 Å². The van der Waals surface area contributed by atoms with Gasteiger partial charge in [0.15, 0.2) is 0 Å². The number of aromatic nitrogens is 2. The second-order valence-electron chi connectivity index (χ2n) is 7.38. The van der Waals surface area contributed by atoms with Crippen molar-refractivity contribution in [1.29, 1.82) is 0 Å². The fraction of sp³-hybridized carbons (Fsp3) is 0.409. The van der Waals surface area contributed by atoms with E-state index in [-0.39, 0.29) is 5.91 Å². The standard InChI is InChI=1S/C22H26N4O3S/c1-4-18-15(2)13-19(30-18)22(27)26-11-9-25(10-12-26)14-20-23-21(24-29-20)16-5-7-17(28-3)8-6-16/h5-8,13H,4,9-12,14H2,1-3H3. The van der Waals surface area contributed by atoms with Gasteiger partial charge in [0.25, 0.3) is 5.91 Å². The number of methoxy groups -OCH3 is 1. The molecule has 2 aromatic heterocycles. The number of carbonyl (C=O) groups is 1. The highest BCUT2D eigenvalue weighted by molar-refractivity contribution is 7.14. The Kier molecular flexibility index (Phi) is 6.15. The van der Waals surface area contributed by atoms with Crippen LogP contribution >= 0.6 is 11.3 Å². The number of benzene rings is 1. The van der Waals surface area contributed by atoms with E-state index in [9.17, 15) is 4.79 Å². The van der Waals surface area contributed by atoms with Gasteiger partial charge in [-0.25, -0.2) is 0 Å². The van der Waals surface area contributed by atoms with Crippen LogP contribution in [0.4, 0.5) is 0 Å². The van der Waals surface area contributed by atoms with Gasteiger partial charge in [0.1, 0.15) is 5.75 Å². The minimum atomic E-state index is 0.141. The SMILES string of the molecule is CCc1sc(C(=O)N2CCN(Cc3nc(-c4ccc(OC)cc4)no3)CC2)cc1C. The van der Waals surface area contributed by atoms with Crippen LogP contribution in [0.25, 0.3) is 11.4 Å². The first-order valence-corrected chi connectivity index (χ1v) is 11.0. The van der Waals surface area contributed by atoms with Crippen molar-refractivity contribution < 1.29 is 14.1 Å². The second kappa shape index (κ2) is 8.97. The zero-order chi connectivity index (χ0) is 21.1. The molecule has 8 heteroatoms. The summed E-state index contributed by atoms with van der Waals surface area (Å²) < 4.78 is 10.6. The number of carbonyl (C=O) groups excluding carboxylic acids is 1. The highest BCUT2D eigenvalue weighted by Crippen LogP contribution is 2.24. The molecule has 158 valence electrons. The van der Waals surface area contributed by atoms with Crippen molar-refractivity contribution in [3.05, 3.63) is 51.5 Å². The summed E-state index contributed by atoms with van der Waals surface area (Å²) in [6, 6.07) is 9.60. The second-order valence-corrected chi connectivity index (χ2v) is 8.52. The first-order valence-electron chi connectivity index (χ1n) is 10.1. The Morgan fingerprint density at radius 3 is 2.57 bits per heavy atom. The number of piperazine rings is 1. The van der Waals surface area contributed by atoms with Crippen molar-refractivity contribution in [1.82, 2.24) is 19.9 Å². The molecule has 3 aromatic rings. The molecule has 0 spiro atoms. The van der Waals surface area contributed by atoms with E-state index < -0.39 is 0 Å². The van der Waals surface area contributed by atoms with E-state index in [0.717, 1.165) is 35.7 Å². The molecule has 7 nitrogen and oxygen atoms in total. The number of amides is 1. The Morgan fingerprint density at radius 1 is 1.20 bits per heavy atom. The van der Waals surface area contributed by atoms with Crippen molar-refractivity contribution in [2.75, 3.05) is 33.3 Å². The van der Waals surface area contributed by atoms with Gasteiger partial charge in [-0.05, 0) is 49.2 Å². The van der Waals surface area contributed by atoms with E-state index in [1.165, 1.54) is 10.4 Å². The Morgan fingerprint density at radius 2 is 1.93 bits per heavy atom. The number of hydrogen-bond acceptors (Lipinski definition) is 7. The molecular weight excluding hydrogens is 400 g/mol. The van der Waals surface area contributed by atoms with Gasteiger partial charge in [0.05, 0.1) is 18.5 Å². The number of rotatable bonds is 6. The molecule has 0 N–H and O–H groups in total. The van der Waals surface area contributed by atoms with Crippen molar-refractivity contribution in [3.8, 4) is 17.1 Å². The highest BCUT2D eigenvalue weighted by atomic mass is 32.1. The molecule has 1 aromatic carbocycles. The van der Waals surface area contributed by atoms with Crippen molar-refractivity contribution in [2.45, 2.75) is 26.8 Å². The van der Waals surface area contributed by atoms with E-state index in [2.05, 4.69) is 28.9 Å². The van der Waals surface area contributed by atoms with Crippen molar-refractivity contribution >= 4 is 17.2 Å². The molecule has 4 rings (SSSR count). The van der Waals surface area contributed by atoms with Gasteiger partial charge in [0.2, 0.25) is 11.7 Å². The molecule has 1 aliphatic rings. The Labute approximate surface area is 180 Å². The average molecular weight is 427 g/mol. The van der Waals surface area contributed by atoms with Crippen LogP contribution in [0.15, 0.2) is 34.9 Å². The van der Waals surface area contributed by atoms with E-state index in [1.54, 1.807) is 18.4 Å². The summed E-state index contributed by atoms with van der Waals surface area (Å²) in [7, 11) is 1.64. The van der Waals surface area contributed by atoms with Crippen LogP contribution in [0.2, 0.25) is 0 Å². The summed E-state index contributed by atoms with van der Waals surface area (Å²) in [4.78, 5) is 23.7. The molecule has 1 saturated heterocycles. The molecule has 0 bridgehead atoms. The fourth-order valence-electron chi connectivity index (χ4n) is 3.61. The van der Waals surface area contributed by atoms with Crippen LogP contribution in [0.3, 0.4) is 0 Å². The first-order chi connectivity index (χ1) is 14.6. The quantitative estimate of drug-likeness (QED) is 0.599. The van der Waals surface area contributed by atoms with E-state index in [0.29, 0.717) is 31.3 Å². The van der Waals surface area contributed by atoms with Gasteiger partial charge < -0.3 is 14.2 Å². The largest absolute Gasteiger partial charge is 0.497 e. The lowest BCUT2D eigenvalue weighted by Gasteiger charge is -2.33. The minimum absolute atomic E-state index is 0.141. The molecule has 30 heavy (non-hydrogen) atoms. The summed E-state index contributed by atoms with van der Waals surface area (Å²) in [6.07, 6.45) is 0.972. The summed E-state index contributed by atoms with van der Waals surface area (Å²) >= 11 is 1.62. The lowest BCUT2D eigenvalue weighted by atomic mass is 10.2. The van der Waals surface area contributed by atoms with Crippen LogP contribution < -0.4 is 4.74 Å².